The van der Waals surface area contributed by atoms with Crippen LogP contribution in [0, 0.1) is 12.7 Å². The summed E-state index contributed by atoms with van der Waals surface area (Å²) in [5.41, 5.74) is 1.30. The highest BCUT2D eigenvalue weighted by Gasteiger charge is 2.17. The van der Waals surface area contributed by atoms with Gasteiger partial charge in [-0.05, 0) is 48.9 Å². The number of nitrogens with zero attached hydrogens (tertiary/aromatic N) is 3. The highest BCUT2D eigenvalue weighted by molar-refractivity contribution is 7.89. The number of sulfonamides is 1. The number of aryl methyl sites for hydroxylation is 1. The maximum absolute atomic E-state index is 14.4. The highest BCUT2D eigenvalue weighted by atomic mass is 32.2. The molecule has 1 heterocycles. The third-order valence-electron chi connectivity index (χ3n) is 4.45. The number of carbonyl (C=O) groups is 1. The molecule has 0 unspecified atom stereocenters. The summed E-state index contributed by atoms with van der Waals surface area (Å²) in [7, 11) is -0.674. The summed E-state index contributed by atoms with van der Waals surface area (Å²) in [6.07, 6.45) is 3.27. The van der Waals surface area contributed by atoms with Crippen LogP contribution < -0.4 is 5.32 Å². The molecule has 0 aliphatic rings. The standard InChI is InChI=1S/C20H21FN4O3S/c1-14-22-10-11-25(14)19-9-4-15(12-18(19)21)13-23-20(26)16-5-7-17(8-6-16)29(27,28)24(2)3/h4-12H,13H2,1-3H3,(H,23,26). The number of rotatable bonds is 6. The van der Waals surface area contributed by atoms with E-state index in [4.69, 9.17) is 0 Å². The van der Waals surface area contributed by atoms with Crippen molar-refractivity contribution in [2.45, 2.75) is 18.4 Å². The molecule has 152 valence electrons. The molecule has 29 heavy (non-hydrogen) atoms. The second kappa shape index (κ2) is 8.14. The van der Waals surface area contributed by atoms with E-state index in [0.29, 0.717) is 22.6 Å². The van der Waals surface area contributed by atoms with E-state index >= 15 is 0 Å². The molecule has 3 rings (SSSR count). The highest BCUT2D eigenvalue weighted by Crippen LogP contribution is 2.17. The van der Waals surface area contributed by atoms with Crippen molar-refractivity contribution < 1.29 is 17.6 Å². The number of benzene rings is 2. The van der Waals surface area contributed by atoms with Crippen molar-refractivity contribution in [1.29, 1.82) is 0 Å². The van der Waals surface area contributed by atoms with E-state index in [2.05, 4.69) is 10.3 Å². The number of nitrogens with one attached hydrogen (secondary N) is 1. The van der Waals surface area contributed by atoms with Gasteiger partial charge >= 0.3 is 0 Å². The van der Waals surface area contributed by atoms with Gasteiger partial charge in [0, 0.05) is 38.6 Å². The summed E-state index contributed by atoms with van der Waals surface area (Å²) >= 11 is 0. The third-order valence-corrected chi connectivity index (χ3v) is 6.27. The molecule has 0 bridgehead atoms. The summed E-state index contributed by atoms with van der Waals surface area (Å²) in [6, 6.07) is 10.4. The SMILES string of the molecule is Cc1nccn1-c1ccc(CNC(=O)c2ccc(S(=O)(=O)N(C)C)cc2)cc1F. The molecule has 0 saturated carbocycles. The lowest BCUT2D eigenvalue weighted by molar-refractivity contribution is 0.0950. The Morgan fingerprint density at radius 2 is 1.86 bits per heavy atom. The van der Waals surface area contributed by atoms with Crippen LogP contribution in [0.15, 0.2) is 59.8 Å². The fourth-order valence-corrected chi connectivity index (χ4v) is 3.66. The molecular weight excluding hydrogens is 395 g/mol. The Balaban J connectivity index is 1.68. The number of carbonyl (C=O) groups excluding carboxylic acids is 1. The minimum atomic E-state index is -3.55. The van der Waals surface area contributed by atoms with Crippen molar-refractivity contribution in [2.24, 2.45) is 0 Å². The van der Waals surface area contributed by atoms with Crippen LogP contribution in [0.5, 0.6) is 0 Å². The Bertz CT molecular complexity index is 1140. The topological polar surface area (TPSA) is 84.3 Å². The summed E-state index contributed by atoms with van der Waals surface area (Å²) in [6.45, 7) is 1.92. The van der Waals surface area contributed by atoms with Crippen molar-refractivity contribution in [3.63, 3.8) is 0 Å². The van der Waals surface area contributed by atoms with Gasteiger partial charge in [-0.1, -0.05) is 6.07 Å². The Morgan fingerprint density at radius 3 is 2.41 bits per heavy atom. The van der Waals surface area contributed by atoms with Gasteiger partial charge in [-0.3, -0.25) is 4.79 Å². The van der Waals surface area contributed by atoms with E-state index in [0.717, 1.165) is 4.31 Å². The predicted molar refractivity (Wildman–Crippen MR) is 107 cm³/mol. The fourth-order valence-electron chi connectivity index (χ4n) is 2.76. The summed E-state index contributed by atoms with van der Waals surface area (Å²) in [5.74, 6) is -0.130. The molecule has 3 aromatic rings. The maximum Gasteiger partial charge on any atom is 0.251 e. The zero-order valence-electron chi connectivity index (χ0n) is 16.3. The summed E-state index contributed by atoms with van der Waals surface area (Å²) < 4.78 is 41.3. The number of hydrogen-bond acceptors (Lipinski definition) is 4. The van der Waals surface area contributed by atoms with Crippen molar-refractivity contribution in [2.75, 3.05) is 14.1 Å². The van der Waals surface area contributed by atoms with Gasteiger partial charge in [-0.2, -0.15) is 0 Å². The zero-order chi connectivity index (χ0) is 21.2. The maximum atomic E-state index is 14.4. The Morgan fingerprint density at radius 1 is 1.17 bits per heavy atom. The largest absolute Gasteiger partial charge is 0.348 e. The second-order valence-electron chi connectivity index (χ2n) is 6.62. The van der Waals surface area contributed by atoms with Crippen molar-refractivity contribution in [3.8, 4) is 5.69 Å². The second-order valence-corrected chi connectivity index (χ2v) is 8.78. The first-order valence-electron chi connectivity index (χ1n) is 8.79. The van der Waals surface area contributed by atoms with Crippen LogP contribution in [-0.2, 0) is 16.6 Å². The first kappa shape index (κ1) is 20.7. The van der Waals surface area contributed by atoms with E-state index in [1.54, 1.807) is 36.0 Å². The quantitative estimate of drug-likeness (QED) is 0.669. The molecule has 0 atom stereocenters. The Hall–Kier alpha value is -3.04. The zero-order valence-corrected chi connectivity index (χ0v) is 17.1. The minimum absolute atomic E-state index is 0.103. The fraction of sp³-hybridized carbons (Fsp3) is 0.200. The Kier molecular flexibility index (Phi) is 5.81. The molecular formula is C20H21FN4O3S. The van der Waals surface area contributed by atoms with Gasteiger partial charge in [-0.25, -0.2) is 22.1 Å². The summed E-state index contributed by atoms with van der Waals surface area (Å²) in [5, 5.41) is 2.70. The van der Waals surface area contributed by atoms with Crippen LogP contribution >= 0.6 is 0 Å². The van der Waals surface area contributed by atoms with Crippen molar-refractivity contribution in [3.05, 3.63) is 77.6 Å². The van der Waals surface area contributed by atoms with Crippen LogP contribution in [0.1, 0.15) is 21.7 Å². The number of imidazole rings is 1. The van der Waals surface area contributed by atoms with Gasteiger partial charge < -0.3 is 9.88 Å². The van der Waals surface area contributed by atoms with Gasteiger partial charge in [0.15, 0.2) is 0 Å². The van der Waals surface area contributed by atoms with E-state index in [9.17, 15) is 17.6 Å². The number of aromatic nitrogens is 2. The number of halogens is 1. The lowest BCUT2D eigenvalue weighted by Crippen LogP contribution is -2.24. The van der Waals surface area contributed by atoms with Crippen LogP contribution in [0.2, 0.25) is 0 Å². The molecule has 2 aromatic carbocycles. The van der Waals surface area contributed by atoms with Gasteiger partial charge in [0.25, 0.3) is 5.91 Å². The van der Waals surface area contributed by atoms with E-state index < -0.39 is 15.8 Å². The average molecular weight is 416 g/mol. The minimum Gasteiger partial charge on any atom is -0.348 e. The molecule has 7 nitrogen and oxygen atoms in total. The van der Waals surface area contributed by atoms with Crippen molar-refractivity contribution >= 4 is 15.9 Å². The third kappa shape index (κ3) is 4.36. The lowest BCUT2D eigenvalue weighted by atomic mass is 10.1. The van der Waals surface area contributed by atoms with Gasteiger partial charge in [0.1, 0.15) is 11.6 Å². The van der Waals surface area contributed by atoms with E-state index in [-0.39, 0.29) is 17.3 Å². The average Bonchev–Trinajstić information content (AvgIpc) is 3.11. The van der Waals surface area contributed by atoms with Crippen LogP contribution in [0.4, 0.5) is 4.39 Å². The first-order valence-corrected chi connectivity index (χ1v) is 10.2. The van der Waals surface area contributed by atoms with Gasteiger partial charge in [-0.15, -0.1) is 0 Å². The smallest absolute Gasteiger partial charge is 0.251 e. The van der Waals surface area contributed by atoms with Crippen molar-refractivity contribution in [1.82, 2.24) is 19.2 Å². The molecule has 1 N–H and O–H groups in total. The monoisotopic (exact) mass is 416 g/mol. The molecule has 0 spiro atoms. The first-order chi connectivity index (χ1) is 13.7. The normalized spacial score (nSPS) is 11.6. The Labute approximate surface area is 168 Å². The molecule has 1 amide bonds. The molecule has 0 fully saturated rings. The molecule has 0 saturated heterocycles. The predicted octanol–water partition coefficient (Wildman–Crippen LogP) is 2.50. The summed E-state index contributed by atoms with van der Waals surface area (Å²) in [4.78, 5) is 16.5. The van der Waals surface area contributed by atoms with Gasteiger partial charge in [0.05, 0.1) is 10.6 Å². The van der Waals surface area contributed by atoms with Crippen LogP contribution in [0.25, 0.3) is 5.69 Å². The van der Waals surface area contributed by atoms with Gasteiger partial charge in [0.2, 0.25) is 10.0 Å². The molecule has 9 heteroatoms. The number of amides is 1. The van der Waals surface area contributed by atoms with E-state index in [1.165, 1.54) is 44.4 Å². The van der Waals surface area contributed by atoms with Crippen LogP contribution in [0.3, 0.4) is 0 Å². The molecule has 0 aliphatic carbocycles. The molecule has 0 aliphatic heterocycles. The molecule has 0 radical (unpaired) electrons. The lowest BCUT2D eigenvalue weighted by Gasteiger charge is -2.12. The van der Waals surface area contributed by atoms with Crippen LogP contribution in [-0.4, -0.2) is 42.3 Å². The number of hydrogen-bond donors (Lipinski definition) is 1. The molecule has 1 aromatic heterocycles. The van der Waals surface area contributed by atoms with E-state index in [1.807, 2.05) is 0 Å².